The Morgan fingerprint density at radius 2 is 1.88 bits per heavy atom. The number of carbonyl (C=O) groups excluding carboxylic acids is 1. The van der Waals surface area contributed by atoms with Crippen LogP contribution in [0.3, 0.4) is 0 Å². The highest BCUT2D eigenvalue weighted by atomic mass is 16.6. The quantitative estimate of drug-likeness (QED) is 0.710. The summed E-state index contributed by atoms with van der Waals surface area (Å²) >= 11 is 0. The first-order valence-electron chi connectivity index (χ1n) is 4.96. The molecule has 1 heterocycles. The van der Waals surface area contributed by atoms with Gasteiger partial charge in [-0.15, -0.1) is 0 Å². The maximum Gasteiger partial charge on any atom is 0.377 e. The van der Waals surface area contributed by atoms with Crippen molar-refractivity contribution in [3.8, 4) is 0 Å². The van der Waals surface area contributed by atoms with E-state index >= 15 is 0 Å². The van der Waals surface area contributed by atoms with Gasteiger partial charge in [0, 0.05) is 5.56 Å². The van der Waals surface area contributed by atoms with E-state index in [4.69, 9.17) is 9.47 Å². The van der Waals surface area contributed by atoms with E-state index in [1.54, 1.807) is 0 Å². The fraction of sp³-hybridized carbons (Fsp3) is 0.250. The van der Waals surface area contributed by atoms with Gasteiger partial charge in [0.2, 0.25) is 5.76 Å². The number of rotatable bonds is 2. The smallest absolute Gasteiger partial charge is 0.377 e. The maximum absolute atomic E-state index is 11.5. The topological polar surface area (TPSA) is 44.8 Å². The van der Waals surface area contributed by atoms with Crippen LogP contribution in [-0.4, -0.2) is 26.3 Å². The molecule has 4 nitrogen and oxygen atoms in total. The molecule has 0 spiro atoms. The minimum Gasteiger partial charge on any atom is -0.485 e. The highest BCUT2D eigenvalue weighted by Crippen LogP contribution is 2.24. The lowest BCUT2D eigenvalue weighted by molar-refractivity contribution is -0.141. The van der Waals surface area contributed by atoms with Gasteiger partial charge in [-0.1, -0.05) is 30.3 Å². The predicted molar refractivity (Wildman–Crippen MR) is 57.3 cm³/mol. The summed E-state index contributed by atoms with van der Waals surface area (Å²) in [4.78, 5) is 11.5. The number of carbonyl (C=O) groups is 1. The van der Waals surface area contributed by atoms with Crippen molar-refractivity contribution in [3.05, 3.63) is 41.7 Å². The Balaban J connectivity index is 2.41. The lowest BCUT2D eigenvalue weighted by atomic mass is 10.1. The van der Waals surface area contributed by atoms with E-state index in [1.807, 2.05) is 30.3 Å². The fourth-order valence-corrected chi connectivity index (χ4v) is 1.47. The second-order valence-corrected chi connectivity index (χ2v) is 3.21. The molecule has 0 bridgehead atoms. The lowest BCUT2D eigenvalue weighted by Crippen LogP contribution is -2.19. The molecule has 1 aromatic rings. The average molecular weight is 220 g/mol. The minimum absolute atomic E-state index is 0.139. The number of hydrogen-bond acceptors (Lipinski definition) is 4. The van der Waals surface area contributed by atoms with Gasteiger partial charge < -0.3 is 14.2 Å². The van der Waals surface area contributed by atoms with E-state index in [0.29, 0.717) is 19.0 Å². The van der Waals surface area contributed by atoms with Crippen LogP contribution in [0, 0.1) is 0 Å². The van der Waals surface area contributed by atoms with Gasteiger partial charge in [-0.3, -0.25) is 0 Å². The predicted octanol–water partition coefficient (Wildman–Crippen LogP) is 1.57. The summed E-state index contributed by atoms with van der Waals surface area (Å²) in [5.74, 6) is 0.0669. The van der Waals surface area contributed by atoms with Gasteiger partial charge >= 0.3 is 5.97 Å². The van der Waals surface area contributed by atoms with Crippen LogP contribution in [0.1, 0.15) is 5.56 Å². The molecule has 16 heavy (non-hydrogen) atoms. The summed E-state index contributed by atoms with van der Waals surface area (Å²) in [7, 11) is 1.32. The molecule has 1 aliphatic heterocycles. The van der Waals surface area contributed by atoms with Crippen molar-refractivity contribution in [2.75, 3.05) is 20.3 Å². The second-order valence-electron chi connectivity index (χ2n) is 3.21. The standard InChI is InChI=1S/C12H12O4/c1-14-12(13)11-10(15-7-8-16-11)9-5-3-2-4-6-9/h2-6H,7-8H2,1H3. The van der Waals surface area contributed by atoms with Crippen molar-refractivity contribution < 1.29 is 19.0 Å². The van der Waals surface area contributed by atoms with Crippen molar-refractivity contribution in [3.63, 3.8) is 0 Å². The van der Waals surface area contributed by atoms with E-state index in [9.17, 15) is 4.79 Å². The van der Waals surface area contributed by atoms with Gasteiger partial charge in [0.05, 0.1) is 7.11 Å². The van der Waals surface area contributed by atoms with Crippen LogP contribution in [0.15, 0.2) is 36.1 Å². The molecule has 0 saturated heterocycles. The molecule has 84 valence electrons. The third kappa shape index (κ3) is 2.00. The van der Waals surface area contributed by atoms with Crippen molar-refractivity contribution in [1.82, 2.24) is 0 Å². The van der Waals surface area contributed by atoms with E-state index in [1.165, 1.54) is 7.11 Å². The Labute approximate surface area is 93.4 Å². The minimum atomic E-state index is -0.515. The summed E-state index contributed by atoms with van der Waals surface area (Å²) in [5, 5.41) is 0. The molecule has 0 aliphatic carbocycles. The molecule has 0 fully saturated rings. The van der Waals surface area contributed by atoms with Crippen molar-refractivity contribution in [2.24, 2.45) is 0 Å². The maximum atomic E-state index is 11.5. The number of methoxy groups -OCH3 is 1. The average Bonchev–Trinajstić information content (AvgIpc) is 2.39. The van der Waals surface area contributed by atoms with E-state index in [0.717, 1.165) is 5.56 Å². The highest BCUT2D eigenvalue weighted by Gasteiger charge is 2.24. The van der Waals surface area contributed by atoms with Gasteiger partial charge in [0.1, 0.15) is 13.2 Å². The van der Waals surface area contributed by atoms with Gasteiger partial charge in [0.15, 0.2) is 5.76 Å². The molecule has 0 saturated carbocycles. The van der Waals surface area contributed by atoms with E-state index in [-0.39, 0.29) is 5.76 Å². The van der Waals surface area contributed by atoms with Gasteiger partial charge in [-0.05, 0) is 0 Å². The molecular weight excluding hydrogens is 208 g/mol. The summed E-state index contributed by atoms with van der Waals surface area (Å²) in [6.45, 7) is 0.797. The molecule has 4 heteroatoms. The van der Waals surface area contributed by atoms with Crippen molar-refractivity contribution >= 4 is 11.7 Å². The van der Waals surface area contributed by atoms with Crippen LogP contribution in [0.5, 0.6) is 0 Å². The monoisotopic (exact) mass is 220 g/mol. The third-order valence-corrected chi connectivity index (χ3v) is 2.19. The fourth-order valence-electron chi connectivity index (χ4n) is 1.47. The van der Waals surface area contributed by atoms with Gasteiger partial charge in [-0.25, -0.2) is 4.79 Å². The van der Waals surface area contributed by atoms with E-state index < -0.39 is 5.97 Å². The molecule has 1 aromatic carbocycles. The van der Waals surface area contributed by atoms with Crippen LogP contribution in [-0.2, 0) is 19.0 Å². The summed E-state index contributed by atoms with van der Waals surface area (Å²) in [6.07, 6.45) is 0. The summed E-state index contributed by atoms with van der Waals surface area (Å²) in [6, 6.07) is 9.34. The Hall–Kier alpha value is -1.97. The van der Waals surface area contributed by atoms with Crippen LogP contribution in [0.25, 0.3) is 5.76 Å². The van der Waals surface area contributed by atoms with E-state index in [2.05, 4.69) is 4.74 Å². The van der Waals surface area contributed by atoms with Crippen LogP contribution in [0.4, 0.5) is 0 Å². The molecule has 2 rings (SSSR count). The number of hydrogen-bond donors (Lipinski definition) is 0. The highest BCUT2D eigenvalue weighted by molar-refractivity contribution is 5.94. The zero-order valence-corrected chi connectivity index (χ0v) is 8.93. The molecule has 1 aliphatic rings. The van der Waals surface area contributed by atoms with Gasteiger partial charge in [-0.2, -0.15) is 0 Å². The lowest BCUT2D eigenvalue weighted by Gasteiger charge is -2.20. The Kier molecular flexibility index (Phi) is 3.10. The van der Waals surface area contributed by atoms with Crippen LogP contribution >= 0.6 is 0 Å². The van der Waals surface area contributed by atoms with Gasteiger partial charge in [0.25, 0.3) is 0 Å². The molecule has 0 aromatic heterocycles. The normalized spacial score (nSPS) is 15.1. The first-order chi connectivity index (χ1) is 7.83. The Bertz CT molecular complexity index is 408. The summed E-state index contributed by atoms with van der Waals surface area (Å²) in [5.41, 5.74) is 0.808. The molecular formula is C12H12O4. The summed E-state index contributed by atoms with van der Waals surface area (Å²) < 4.78 is 15.4. The van der Waals surface area contributed by atoms with Crippen molar-refractivity contribution in [2.45, 2.75) is 0 Å². The molecule has 0 N–H and O–H groups in total. The number of ether oxygens (including phenoxy) is 3. The first-order valence-corrected chi connectivity index (χ1v) is 4.96. The van der Waals surface area contributed by atoms with Crippen LogP contribution < -0.4 is 0 Å². The molecule has 0 atom stereocenters. The zero-order valence-electron chi connectivity index (χ0n) is 8.93. The largest absolute Gasteiger partial charge is 0.485 e. The SMILES string of the molecule is COC(=O)C1=C(c2ccccc2)OCCO1. The first kappa shape index (κ1) is 10.5. The Morgan fingerprint density at radius 1 is 1.19 bits per heavy atom. The second kappa shape index (κ2) is 4.70. The zero-order chi connectivity index (χ0) is 11.4. The molecule has 0 amide bonds. The number of esters is 1. The van der Waals surface area contributed by atoms with Crippen molar-refractivity contribution in [1.29, 1.82) is 0 Å². The Morgan fingerprint density at radius 3 is 2.56 bits per heavy atom. The third-order valence-electron chi connectivity index (χ3n) is 2.19. The molecule has 0 radical (unpaired) electrons. The number of benzene rings is 1. The molecule has 0 unspecified atom stereocenters. The van der Waals surface area contributed by atoms with Crippen LogP contribution in [0.2, 0.25) is 0 Å².